The maximum Gasteiger partial charge on any atom is 0.305 e. The fourth-order valence-corrected chi connectivity index (χ4v) is 4.08. The van der Waals surface area contributed by atoms with Gasteiger partial charge in [-0.2, -0.15) is 0 Å². The number of hydrogen-bond acceptors (Lipinski definition) is 4. The van der Waals surface area contributed by atoms with Gasteiger partial charge in [0.2, 0.25) is 0 Å². The molecular weight excluding hydrogens is 268 g/mol. The molecule has 3 unspecified atom stereocenters. The Bertz CT molecular complexity index is 376. The molecule has 4 N–H and O–H groups in total. The second-order valence-corrected chi connectivity index (χ2v) is 7.63. The Kier molecular flexibility index (Phi) is 5.93. The molecule has 4 atom stereocenters. The van der Waals surface area contributed by atoms with Crippen molar-refractivity contribution in [3.8, 4) is 0 Å². The highest BCUT2D eigenvalue weighted by molar-refractivity contribution is 5.73. The third-order valence-corrected chi connectivity index (χ3v) is 4.55. The first-order valence-corrected chi connectivity index (χ1v) is 7.81. The second kappa shape index (κ2) is 6.88. The number of carbonyl (C=O) groups excluding carboxylic acids is 1. The highest BCUT2D eigenvalue weighted by Crippen LogP contribution is 2.48. The third kappa shape index (κ3) is 4.78. The van der Waals surface area contributed by atoms with E-state index in [9.17, 15) is 9.59 Å². The first-order valence-electron chi connectivity index (χ1n) is 7.81. The van der Waals surface area contributed by atoms with E-state index in [1.165, 1.54) is 0 Å². The van der Waals surface area contributed by atoms with Gasteiger partial charge in [-0.15, -0.1) is 0 Å². The van der Waals surface area contributed by atoms with Crippen LogP contribution in [0, 0.1) is 11.3 Å². The minimum absolute atomic E-state index is 0.0116. The Balaban J connectivity index is 3.02. The van der Waals surface area contributed by atoms with Gasteiger partial charge in [-0.3, -0.25) is 4.79 Å². The van der Waals surface area contributed by atoms with Gasteiger partial charge in [-0.25, -0.2) is 0 Å². The molecule has 21 heavy (non-hydrogen) atoms. The van der Waals surface area contributed by atoms with Crippen molar-refractivity contribution in [2.75, 3.05) is 0 Å². The lowest BCUT2D eigenvalue weighted by atomic mass is 9.68. The summed E-state index contributed by atoms with van der Waals surface area (Å²) in [5.41, 5.74) is 5.89. The van der Waals surface area contributed by atoms with Crippen LogP contribution < -0.4 is 11.1 Å². The number of aliphatic carboxylic acids is 1. The monoisotopic (exact) mass is 298 g/mol. The normalized spacial score (nSPS) is 29.1. The van der Waals surface area contributed by atoms with Gasteiger partial charge in [-0.05, 0) is 37.5 Å². The molecule has 1 rings (SSSR count). The molecule has 0 amide bonds. The van der Waals surface area contributed by atoms with Crippen LogP contribution in [0.15, 0.2) is 0 Å². The van der Waals surface area contributed by atoms with Crippen LogP contribution in [-0.4, -0.2) is 35.0 Å². The number of aldehydes is 1. The number of nitrogens with one attached hydrogen (secondary N) is 1. The van der Waals surface area contributed by atoms with Crippen LogP contribution in [0.3, 0.4) is 0 Å². The van der Waals surface area contributed by atoms with Crippen LogP contribution in [0.1, 0.15) is 59.8 Å². The van der Waals surface area contributed by atoms with E-state index in [2.05, 4.69) is 26.1 Å². The van der Waals surface area contributed by atoms with Crippen LogP contribution in [0.4, 0.5) is 0 Å². The van der Waals surface area contributed by atoms with Crippen molar-refractivity contribution in [1.82, 2.24) is 5.32 Å². The number of nitrogens with two attached hydrogens (primary N) is 1. The summed E-state index contributed by atoms with van der Waals surface area (Å²) in [5.74, 6) is -0.576. The van der Waals surface area contributed by atoms with Crippen LogP contribution >= 0.6 is 0 Å². The zero-order valence-electron chi connectivity index (χ0n) is 13.7. The van der Waals surface area contributed by atoms with Gasteiger partial charge < -0.3 is 21.0 Å². The average Bonchev–Trinajstić information content (AvgIpc) is 2.69. The topological polar surface area (TPSA) is 92.4 Å². The van der Waals surface area contributed by atoms with Gasteiger partial charge in [0.05, 0.1) is 12.5 Å². The van der Waals surface area contributed by atoms with Crippen LogP contribution in [0.2, 0.25) is 0 Å². The Hall–Kier alpha value is -0.940. The molecule has 5 nitrogen and oxygen atoms in total. The molecule has 0 aromatic rings. The predicted molar refractivity (Wildman–Crippen MR) is 83.0 cm³/mol. The largest absolute Gasteiger partial charge is 0.481 e. The van der Waals surface area contributed by atoms with Crippen molar-refractivity contribution in [1.29, 1.82) is 0 Å². The van der Waals surface area contributed by atoms with Crippen molar-refractivity contribution in [2.45, 2.75) is 77.4 Å². The first-order chi connectivity index (χ1) is 9.60. The molecule has 0 aliphatic heterocycles. The number of carboxylic acids is 1. The molecule has 1 aliphatic carbocycles. The Morgan fingerprint density at radius 2 is 2.14 bits per heavy atom. The average molecular weight is 298 g/mol. The number of rotatable bonds is 7. The molecule has 0 radical (unpaired) electrons. The Morgan fingerprint density at radius 1 is 1.52 bits per heavy atom. The SMILES string of the molecule is CC(N)CC1(N[C@H](C=O)CC(=O)O)CCCC1C(C)(C)C. The molecule has 0 bridgehead atoms. The van der Waals surface area contributed by atoms with Gasteiger partial charge in [0.15, 0.2) is 0 Å². The van der Waals surface area contributed by atoms with E-state index in [4.69, 9.17) is 10.8 Å². The summed E-state index contributed by atoms with van der Waals surface area (Å²) in [4.78, 5) is 22.2. The van der Waals surface area contributed by atoms with Crippen molar-refractivity contribution in [3.63, 3.8) is 0 Å². The first kappa shape index (κ1) is 18.1. The Morgan fingerprint density at radius 3 is 2.57 bits per heavy atom. The van der Waals surface area contributed by atoms with Crippen molar-refractivity contribution in [3.05, 3.63) is 0 Å². The molecule has 0 aromatic heterocycles. The quantitative estimate of drug-likeness (QED) is 0.625. The maximum atomic E-state index is 11.3. The van der Waals surface area contributed by atoms with E-state index < -0.39 is 12.0 Å². The minimum Gasteiger partial charge on any atom is -0.481 e. The van der Waals surface area contributed by atoms with Crippen LogP contribution in [0.5, 0.6) is 0 Å². The summed E-state index contributed by atoms with van der Waals surface area (Å²) in [7, 11) is 0. The molecule has 1 saturated carbocycles. The van der Waals surface area contributed by atoms with E-state index in [0.717, 1.165) is 32.0 Å². The predicted octanol–water partition coefficient (Wildman–Crippen LogP) is 1.94. The van der Waals surface area contributed by atoms with Gasteiger partial charge in [0, 0.05) is 11.6 Å². The highest BCUT2D eigenvalue weighted by atomic mass is 16.4. The summed E-state index contributed by atoms with van der Waals surface area (Å²) < 4.78 is 0. The number of carbonyl (C=O) groups is 2. The van der Waals surface area contributed by atoms with Gasteiger partial charge in [-0.1, -0.05) is 27.2 Å². The summed E-state index contributed by atoms with van der Waals surface area (Å²) in [6, 6.07) is -0.637. The smallest absolute Gasteiger partial charge is 0.305 e. The van der Waals surface area contributed by atoms with E-state index in [0.29, 0.717) is 5.92 Å². The lowest BCUT2D eigenvalue weighted by Crippen LogP contribution is -2.58. The fraction of sp³-hybridized carbons (Fsp3) is 0.875. The molecule has 5 heteroatoms. The highest BCUT2D eigenvalue weighted by Gasteiger charge is 2.48. The van der Waals surface area contributed by atoms with E-state index in [1.54, 1.807) is 0 Å². The minimum atomic E-state index is -0.958. The van der Waals surface area contributed by atoms with Crippen LogP contribution in [-0.2, 0) is 9.59 Å². The maximum absolute atomic E-state index is 11.3. The molecule has 0 saturated heterocycles. The molecule has 0 aromatic carbocycles. The zero-order chi connectivity index (χ0) is 16.3. The zero-order valence-corrected chi connectivity index (χ0v) is 13.7. The summed E-state index contributed by atoms with van der Waals surface area (Å²) in [6.45, 7) is 8.57. The van der Waals surface area contributed by atoms with Crippen molar-refractivity contribution < 1.29 is 14.7 Å². The van der Waals surface area contributed by atoms with E-state index >= 15 is 0 Å². The van der Waals surface area contributed by atoms with E-state index in [-0.39, 0.29) is 23.4 Å². The lowest BCUT2D eigenvalue weighted by molar-refractivity contribution is -0.138. The summed E-state index contributed by atoms with van der Waals surface area (Å²) in [6.07, 6.45) is 4.41. The summed E-state index contributed by atoms with van der Waals surface area (Å²) in [5, 5.41) is 12.3. The molecule has 1 aliphatic rings. The van der Waals surface area contributed by atoms with E-state index in [1.807, 2.05) is 6.92 Å². The molecule has 0 spiro atoms. The molecule has 122 valence electrons. The van der Waals surface area contributed by atoms with Gasteiger partial charge >= 0.3 is 5.97 Å². The molecule has 0 heterocycles. The number of carboxylic acid groups (broad SMARTS) is 1. The molecule has 1 fully saturated rings. The Labute approximate surface area is 127 Å². The third-order valence-electron chi connectivity index (χ3n) is 4.55. The molecular formula is C16H30N2O3. The van der Waals surface area contributed by atoms with Gasteiger partial charge in [0.1, 0.15) is 6.29 Å². The van der Waals surface area contributed by atoms with Crippen LogP contribution in [0.25, 0.3) is 0 Å². The second-order valence-electron chi connectivity index (χ2n) is 7.63. The van der Waals surface area contributed by atoms with Crippen molar-refractivity contribution >= 4 is 12.3 Å². The summed E-state index contributed by atoms with van der Waals surface area (Å²) >= 11 is 0. The number of hydrogen-bond donors (Lipinski definition) is 3. The standard InChI is InChI=1S/C16H30N2O3/c1-11(17)9-16(18-12(10-19)8-14(20)21)7-5-6-13(16)15(2,3)4/h10-13,18H,5-9,17H2,1-4H3,(H,20,21)/t11?,12-,13?,16?/m0/s1. The van der Waals surface area contributed by atoms with Gasteiger partial charge in [0.25, 0.3) is 0 Å². The fourth-order valence-electron chi connectivity index (χ4n) is 4.08. The van der Waals surface area contributed by atoms with Crippen molar-refractivity contribution in [2.24, 2.45) is 17.1 Å². The lowest BCUT2D eigenvalue weighted by Gasteiger charge is -2.45.